The van der Waals surface area contributed by atoms with Crippen molar-refractivity contribution in [2.45, 2.75) is 32.5 Å². The largest absolute Gasteiger partial charge is 0.449 e. The van der Waals surface area contributed by atoms with Crippen LogP contribution >= 0.6 is 0 Å². The van der Waals surface area contributed by atoms with E-state index in [-0.39, 0.29) is 12.3 Å². The number of rotatable bonds is 4. The predicted molar refractivity (Wildman–Crippen MR) is 81.9 cm³/mol. The van der Waals surface area contributed by atoms with Gasteiger partial charge in [0.05, 0.1) is 12.6 Å². The minimum atomic E-state index is -0.624. The maximum absolute atomic E-state index is 12.1. The highest BCUT2D eigenvalue weighted by molar-refractivity contribution is 5.92. The van der Waals surface area contributed by atoms with E-state index in [1.165, 1.54) is 0 Å². The Kier molecular flexibility index (Phi) is 3.52. The quantitative estimate of drug-likeness (QED) is 0.942. The second kappa shape index (κ2) is 5.36. The van der Waals surface area contributed by atoms with Crippen molar-refractivity contribution in [1.29, 1.82) is 0 Å². The fraction of sp³-hybridized carbons (Fsp3) is 0.375. The molecule has 0 spiro atoms. The van der Waals surface area contributed by atoms with Crippen molar-refractivity contribution in [3.8, 4) is 11.5 Å². The lowest BCUT2D eigenvalue weighted by Crippen LogP contribution is -2.33. The van der Waals surface area contributed by atoms with E-state index in [0.29, 0.717) is 17.2 Å². The average molecular weight is 301 g/mol. The molecule has 116 valence electrons. The van der Waals surface area contributed by atoms with Crippen molar-refractivity contribution in [2.24, 2.45) is 7.05 Å². The van der Waals surface area contributed by atoms with E-state index in [4.69, 9.17) is 9.47 Å². The number of nitrogens with one attached hydrogen (secondary N) is 1. The normalized spacial score (nSPS) is 19.2. The molecule has 1 aromatic carbocycles. The summed E-state index contributed by atoms with van der Waals surface area (Å²) in [6.07, 6.45) is 4.54. The second-order valence-electron chi connectivity index (χ2n) is 5.60. The molecule has 0 aliphatic carbocycles. The molecule has 2 heterocycles. The van der Waals surface area contributed by atoms with Gasteiger partial charge in [0.1, 0.15) is 0 Å². The highest BCUT2D eigenvalue weighted by Gasteiger charge is 2.34. The Labute approximate surface area is 129 Å². The van der Waals surface area contributed by atoms with Gasteiger partial charge < -0.3 is 14.8 Å². The maximum atomic E-state index is 12.1. The number of carbonyl (C=O) groups is 1. The third-order valence-corrected chi connectivity index (χ3v) is 3.64. The first-order chi connectivity index (χ1) is 10.5. The average Bonchev–Trinajstić information content (AvgIpc) is 3.01. The number of anilines is 1. The Hall–Kier alpha value is -2.50. The third-order valence-electron chi connectivity index (χ3n) is 3.64. The van der Waals surface area contributed by atoms with Crippen LogP contribution in [0.4, 0.5) is 5.69 Å². The molecular formula is C16H19N3O3. The Bertz CT molecular complexity index is 710. The highest BCUT2D eigenvalue weighted by Crippen LogP contribution is 2.41. The van der Waals surface area contributed by atoms with Gasteiger partial charge in [-0.15, -0.1) is 0 Å². The minimum Gasteiger partial charge on any atom is -0.449 e. The molecule has 0 unspecified atom stereocenters. The summed E-state index contributed by atoms with van der Waals surface area (Å²) in [4.78, 5) is 12.1. The van der Waals surface area contributed by atoms with E-state index >= 15 is 0 Å². The van der Waals surface area contributed by atoms with E-state index in [2.05, 4.69) is 10.4 Å². The van der Waals surface area contributed by atoms with Gasteiger partial charge in [-0.3, -0.25) is 9.48 Å². The summed E-state index contributed by atoms with van der Waals surface area (Å²) in [5, 5.41) is 6.91. The molecule has 1 aliphatic rings. The number of aryl methyl sites for hydroxylation is 1. The van der Waals surface area contributed by atoms with Gasteiger partial charge in [-0.2, -0.15) is 5.10 Å². The molecule has 0 bridgehead atoms. The van der Waals surface area contributed by atoms with Crippen LogP contribution in [0, 0.1) is 0 Å². The zero-order valence-electron chi connectivity index (χ0n) is 12.9. The number of fused-ring (bicyclic) bond motifs is 1. The summed E-state index contributed by atoms with van der Waals surface area (Å²) >= 11 is 0. The van der Waals surface area contributed by atoms with Gasteiger partial charge in [-0.05, 0) is 17.7 Å². The molecule has 0 saturated carbocycles. The molecule has 1 atom stereocenters. The van der Waals surface area contributed by atoms with Crippen molar-refractivity contribution < 1.29 is 14.3 Å². The maximum Gasteiger partial charge on any atom is 0.248 e. The minimum absolute atomic E-state index is 0.0925. The zero-order chi connectivity index (χ0) is 15.7. The van der Waals surface area contributed by atoms with Crippen molar-refractivity contribution in [3.05, 3.63) is 36.2 Å². The van der Waals surface area contributed by atoms with Crippen LogP contribution in [0.25, 0.3) is 0 Å². The topological polar surface area (TPSA) is 65.4 Å². The molecule has 1 aromatic heterocycles. The van der Waals surface area contributed by atoms with Gasteiger partial charge in [0, 0.05) is 38.3 Å². The van der Waals surface area contributed by atoms with E-state index in [1.54, 1.807) is 16.9 Å². The number of carbonyl (C=O) groups excluding carboxylic acids is 1. The van der Waals surface area contributed by atoms with Crippen molar-refractivity contribution in [1.82, 2.24) is 9.78 Å². The van der Waals surface area contributed by atoms with Gasteiger partial charge >= 0.3 is 0 Å². The van der Waals surface area contributed by atoms with E-state index < -0.39 is 5.79 Å². The lowest BCUT2D eigenvalue weighted by molar-refractivity contribution is -0.115. The number of hydrogen-bond acceptors (Lipinski definition) is 4. The van der Waals surface area contributed by atoms with E-state index in [9.17, 15) is 4.79 Å². The Balaban J connectivity index is 1.67. The van der Waals surface area contributed by atoms with Crippen LogP contribution in [0.5, 0.6) is 11.5 Å². The van der Waals surface area contributed by atoms with Crippen LogP contribution in [0.3, 0.4) is 0 Å². The molecule has 0 radical (unpaired) electrons. The number of nitrogens with zero attached hydrogens (tertiary/aromatic N) is 2. The summed E-state index contributed by atoms with van der Waals surface area (Å²) in [5.74, 6) is 0.643. The molecule has 6 nitrogen and oxygen atoms in total. The second-order valence-corrected chi connectivity index (χ2v) is 5.60. The highest BCUT2D eigenvalue weighted by atomic mass is 16.7. The van der Waals surface area contributed by atoms with Crippen molar-refractivity contribution in [2.75, 3.05) is 5.32 Å². The number of hydrogen-bond donors (Lipinski definition) is 1. The molecule has 0 saturated heterocycles. The van der Waals surface area contributed by atoms with Crippen molar-refractivity contribution in [3.63, 3.8) is 0 Å². The number of benzene rings is 1. The fourth-order valence-corrected chi connectivity index (χ4v) is 2.33. The molecule has 22 heavy (non-hydrogen) atoms. The summed E-state index contributed by atoms with van der Waals surface area (Å²) in [6, 6.07) is 5.41. The Morgan fingerprint density at radius 1 is 1.36 bits per heavy atom. The van der Waals surface area contributed by atoms with Crippen LogP contribution in [-0.2, 0) is 18.3 Å². The first-order valence-corrected chi connectivity index (χ1v) is 7.27. The van der Waals surface area contributed by atoms with Gasteiger partial charge in [0.2, 0.25) is 11.7 Å². The molecule has 1 aliphatic heterocycles. The van der Waals surface area contributed by atoms with Gasteiger partial charge in [0.15, 0.2) is 11.5 Å². The van der Waals surface area contributed by atoms with Crippen LogP contribution in [0.2, 0.25) is 0 Å². The Morgan fingerprint density at radius 2 is 2.14 bits per heavy atom. The van der Waals surface area contributed by atoms with Crippen LogP contribution < -0.4 is 14.8 Å². The predicted octanol–water partition coefficient (Wildman–Crippen LogP) is 2.50. The number of ether oxygens (including phenoxy) is 2. The Morgan fingerprint density at radius 3 is 2.82 bits per heavy atom. The smallest absolute Gasteiger partial charge is 0.248 e. The summed E-state index contributed by atoms with van der Waals surface area (Å²) in [7, 11) is 1.82. The third kappa shape index (κ3) is 2.90. The van der Waals surface area contributed by atoms with Crippen LogP contribution in [-0.4, -0.2) is 21.5 Å². The van der Waals surface area contributed by atoms with Gasteiger partial charge in [-0.25, -0.2) is 0 Å². The van der Waals surface area contributed by atoms with Gasteiger partial charge in [0.25, 0.3) is 0 Å². The van der Waals surface area contributed by atoms with Crippen molar-refractivity contribution >= 4 is 11.6 Å². The molecular weight excluding hydrogens is 282 g/mol. The van der Waals surface area contributed by atoms with Crippen LogP contribution in [0.1, 0.15) is 25.8 Å². The van der Waals surface area contributed by atoms with E-state index in [0.717, 1.165) is 12.0 Å². The first-order valence-electron chi connectivity index (χ1n) is 7.27. The first kappa shape index (κ1) is 14.4. The summed E-state index contributed by atoms with van der Waals surface area (Å²) in [5.41, 5.74) is 1.57. The standard InChI is InChI=1S/C16H19N3O3/c1-4-16(2)21-13-6-5-12(8-14(13)22-16)18-15(20)7-11-9-17-19(3)10-11/h5-6,8-10H,4,7H2,1-3H3,(H,18,20)/t16-/m1/s1. The molecule has 0 fully saturated rings. The number of amides is 1. The lowest BCUT2D eigenvalue weighted by Gasteiger charge is -2.20. The SMILES string of the molecule is CC[C@]1(C)Oc2ccc(NC(=O)Cc3cnn(C)c3)cc2O1. The van der Waals surface area contributed by atoms with E-state index in [1.807, 2.05) is 39.2 Å². The van der Waals surface area contributed by atoms with Gasteiger partial charge in [-0.1, -0.05) is 6.92 Å². The molecule has 1 amide bonds. The molecule has 3 rings (SSSR count). The molecule has 2 aromatic rings. The lowest BCUT2D eigenvalue weighted by atomic mass is 10.2. The molecule has 6 heteroatoms. The van der Waals surface area contributed by atoms with Crippen LogP contribution in [0.15, 0.2) is 30.6 Å². The monoisotopic (exact) mass is 301 g/mol. The molecule has 1 N–H and O–H groups in total. The summed E-state index contributed by atoms with van der Waals surface area (Å²) < 4.78 is 13.2. The zero-order valence-corrected chi connectivity index (χ0v) is 12.9. The fourth-order valence-electron chi connectivity index (χ4n) is 2.33. The number of aromatic nitrogens is 2. The summed E-state index contributed by atoms with van der Waals surface area (Å²) in [6.45, 7) is 3.90.